The third kappa shape index (κ3) is 3.36. The smallest absolute Gasteiger partial charge is 0.323 e. The van der Waals surface area contributed by atoms with Gasteiger partial charge in [-0.1, -0.05) is 11.6 Å². The summed E-state index contributed by atoms with van der Waals surface area (Å²) >= 11 is 6.11. The Bertz CT molecular complexity index is 993. The molecule has 0 aliphatic rings. The van der Waals surface area contributed by atoms with Crippen molar-refractivity contribution in [2.45, 2.75) is 13.5 Å². The summed E-state index contributed by atoms with van der Waals surface area (Å²) in [5.74, 6) is -0.0504. The molecule has 7 heteroatoms. The maximum atomic E-state index is 11.6. The van der Waals surface area contributed by atoms with Crippen molar-refractivity contribution in [1.82, 2.24) is 9.88 Å². The standard InChI is InChI=1S/C19H17ClN2O4/c1-11-18(26-14-6-3-12(4-7-14)19(25)21-2)15-9-13(20)5-8-16(15)22(11)10-17(23)24/h3-9H,10H2,1-2H3,(H,21,25)(H,23,24). The van der Waals surface area contributed by atoms with E-state index in [1.807, 2.05) is 0 Å². The van der Waals surface area contributed by atoms with Crippen LogP contribution >= 0.6 is 11.6 Å². The number of carbonyl (C=O) groups is 2. The molecule has 3 rings (SSSR count). The molecule has 0 saturated carbocycles. The minimum absolute atomic E-state index is 0.178. The van der Waals surface area contributed by atoms with E-state index in [9.17, 15) is 14.7 Å². The predicted octanol–water partition coefficient (Wildman–Crippen LogP) is 3.84. The highest BCUT2D eigenvalue weighted by Gasteiger charge is 2.18. The molecule has 2 N–H and O–H groups in total. The number of nitrogens with one attached hydrogen (secondary N) is 1. The highest BCUT2D eigenvalue weighted by molar-refractivity contribution is 6.31. The Kier molecular flexibility index (Phi) is 4.86. The van der Waals surface area contributed by atoms with Gasteiger partial charge in [-0.3, -0.25) is 9.59 Å². The average Bonchev–Trinajstić information content (AvgIpc) is 2.86. The van der Waals surface area contributed by atoms with Gasteiger partial charge in [0.2, 0.25) is 0 Å². The first-order valence-corrected chi connectivity index (χ1v) is 8.28. The van der Waals surface area contributed by atoms with Gasteiger partial charge in [-0.05, 0) is 49.4 Å². The first-order valence-electron chi connectivity index (χ1n) is 7.91. The second-order valence-electron chi connectivity index (χ2n) is 5.76. The van der Waals surface area contributed by atoms with Crippen LogP contribution in [0.4, 0.5) is 0 Å². The number of rotatable bonds is 5. The third-order valence-electron chi connectivity index (χ3n) is 4.08. The van der Waals surface area contributed by atoms with E-state index in [1.54, 1.807) is 61.0 Å². The molecule has 26 heavy (non-hydrogen) atoms. The fraction of sp³-hybridized carbons (Fsp3) is 0.158. The number of hydrogen-bond donors (Lipinski definition) is 2. The predicted molar refractivity (Wildman–Crippen MR) is 99.2 cm³/mol. The van der Waals surface area contributed by atoms with Gasteiger partial charge in [0.25, 0.3) is 5.91 Å². The molecule has 3 aromatic rings. The number of benzene rings is 2. The lowest BCUT2D eigenvalue weighted by atomic mass is 10.2. The zero-order valence-electron chi connectivity index (χ0n) is 14.2. The van der Waals surface area contributed by atoms with Gasteiger partial charge in [0.05, 0.1) is 11.2 Å². The summed E-state index contributed by atoms with van der Waals surface area (Å²) in [7, 11) is 1.57. The molecule has 0 bridgehead atoms. The highest BCUT2D eigenvalue weighted by atomic mass is 35.5. The number of nitrogens with zero attached hydrogens (tertiary/aromatic N) is 1. The lowest BCUT2D eigenvalue weighted by molar-refractivity contribution is -0.137. The van der Waals surface area contributed by atoms with Crippen LogP contribution in [0.2, 0.25) is 5.02 Å². The number of carboxylic acids is 1. The third-order valence-corrected chi connectivity index (χ3v) is 4.32. The maximum absolute atomic E-state index is 11.6. The van der Waals surface area contributed by atoms with E-state index in [-0.39, 0.29) is 12.5 Å². The summed E-state index contributed by atoms with van der Waals surface area (Å²) in [6.45, 7) is 1.62. The molecular formula is C19H17ClN2O4. The van der Waals surface area contributed by atoms with Gasteiger partial charge < -0.3 is 19.7 Å². The van der Waals surface area contributed by atoms with Crippen LogP contribution in [0.25, 0.3) is 10.9 Å². The molecule has 134 valence electrons. The van der Waals surface area contributed by atoms with Crippen LogP contribution in [-0.2, 0) is 11.3 Å². The fourth-order valence-corrected chi connectivity index (χ4v) is 3.00. The molecule has 1 heterocycles. The SMILES string of the molecule is CNC(=O)c1ccc(Oc2c(C)n(CC(=O)O)c3ccc(Cl)cc23)cc1. The van der Waals surface area contributed by atoms with E-state index >= 15 is 0 Å². The number of fused-ring (bicyclic) bond motifs is 1. The highest BCUT2D eigenvalue weighted by Crippen LogP contribution is 2.37. The van der Waals surface area contributed by atoms with Crippen molar-refractivity contribution < 1.29 is 19.4 Å². The van der Waals surface area contributed by atoms with Crippen molar-refractivity contribution in [3.05, 3.63) is 58.7 Å². The van der Waals surface area contributed by atoms with Crippen molar-refractivity contribution >= 4 is 34.4 Å². The zero-order valence-corrected chi connectivity index (χ0v) is 15.0. The summed E-state index contributed by atoms with van der Waals surface area (Å²) < 4.78 is 7.67. The van der Waals surface area contributed by atoms with E-state index in [0.717, 1.165) is 10.9 Å². The molecule has 0 aliphatic heterocycles. The Labute approximate surface area is 154 Å². The molecule has 0 radical (unpaired) electrons. The van der Waals surface area contributed by atoms with Crippen molar-refractivity contribution in [3.8, 4) is 11.5 Å². The Morgan fingerprint density at radius 1 is 1.19 bits per heavy atom. The number of carbonyl (C=O) groups excluding carboxylic acids is 1. The molecule has 0 spiro atoms. The van der Waals surface area contributed by atoms with Crippen LogP contribution in [0.3, 0.4) is 0 Å². The summed E-state index contributed by atoms with van der Waals surface area (Å²) in [5, 5.41) is 13.0. The molecule has 1 aromatic heterocycles. The van der Waals surface area contributed by atoms with Gasteiger partial charge in [-0.15, -0.1) is 0 Å². The monoisotopic (exact) mass is 372 g/mol. The number of aliphatic carboxylic acids is 1. The van der Waals surface area contributed by atoms with Crippen molar-refractivity contribution in [1.29, 1.82) is 0 Å². The van der Waals surface area contributed by atoms with Crippen LogP contribution in [0.1, 0.15) is 16.1 Å². The van der Waals surface area contributed by atoms with Gasteiger partial charge in [-0.2, -0.15) is 0 Å². The quantitative estimate of drug-likeness (QED) is 0.713. The zero-order chi connectivity index (χ0) is 18.8. The number of amides is 1. The molecule has 0 saturated heterocycles. The van der Waals surface area contributed by atoms with E-state index in [4.69, 9.17) is 16.3 Å². The van der Waals surface area contributed by atoms with Crippen LogP contribution in [-0.4, -0.2) is 28.6 Å². The molecule has 0 atom stereocenters. The molecule has 0 unspecified atom stereocenters. The lowest BCUT2D eigenvalue weighted by Crippen LogP contribution is -2.17. The topological polar surface area (TPSA) is 80.6 Å². The number of ether oxygens (including phenoxy) is 1. The Morgan fingerprint density at radius 2 is 1.88 bits per heavy atom. The minimum atomic E-state index is -0.943. The minimum Gasteiger partial charge on any atom is -0.480 e. The molecule has 2 aromatic carbocycles. The second-order valence-corrected chi connectivity index (χ2v) is 6.20. The van der Waals surface area contributed by atoms with Crippen LogP contribution in [0, 0.1) is 6.92 Å². The fourth-order valence-electron chi connectivity index (χ4n) is 2.83. The molecule has 6 nitrogen and oxygen atoms in total. The van der Waals surface area contributed by atoms with Crippen LogP contribution in [0.15, 0.2) is 42.5 Å². The van der Waals surface area contributed by atoms with Crippen molar-refractivity contribution in [3.63, 3.8) is 0 Å². The van der Waals surface area contributed by atoms with Gasteiger partial charge in [0, 0.05) is 23.0 Å². The Morgan fingerprint density at radius 3 is 2.50 bits per heavy atom. The number of halogens is 1. The normalized spacial score (nSPS) is 10.7. The maximum Gasteiger partial charge on any atom is 0.323 e. The van der Waals surface area contributed by atoms with Crippen LogP contribution in [0.5, 0.6) is 11.5 Å². The van der Waals surface area contributed by atoms with Crippen molar-refractivity contribution in [2.75, 3.05) is 7.05 Å². The first-order chi connectivity index (χ1) is 12.4. The summed E-state index contributed by atoms with van der Waals surface area (Å²) in [6.07, 6.45) is 0. The summed E-state index contributed by atoms with van der Waals surface area (Å²) in [6, 6.07) is 11.9. The van der Waals surface area contributed by atoms with Crippen molar-refractivity contribution in [2.24, 2.45) is 0 Å². The van der Waals surface area contributed by atoms with Gasteiger partial charge in [0.1, 0.15) is 12.3 Å². The first kappa shape index (κ1) is 17.8. The molecular weight excluding hydrogens is 356 g/mol. The number of aromatic nitrogens is 1. The Balaban J connectivity index is 2.04. The molecule has 0 fully saturated rings. The van der Waals surface area contributed by atoms with E-state index in [2.05, 4.69) is 5.32 Å². The second kappa shape index (κ2) is 7.09. The average molecular weight is 373 g/mol. The summed E-state index contributed by atoms with van der Waals surface area (Å²) in [5.41, 5.74) is 1.93. The van der Waals surface area contributed by atoms with Gasteiger partial charge in [0.15, 0.2) is 5.75 Å². The number of hydrogen-bond acceptors (Lipinski definition) is 3. The van der Waals surface area contributed by atoms with Gasteiger partial charge >= 0.3 is 5.97 Å². The molecule has 0 aliphatic carbocycles. The number of carboxylic acid groups (broad SMARTS) is 1. The van der Waals surface area contributed by atoms with E-state index < -0.39 is 5.97 Å². The summed E-state index contributed by atoms with van der Waals surface area (Å²) in [4.78, 5) is 22.8. The lowest BCUT2D eigenvalue weighted by Gasteiger charge is -2.08. The largest absolute Gasteiger partial charge is 0.480 e. The molecule has 1 amide bonds. The van der Waals surface area contributed by atoms with Gasteiger partial charge in [-0.25, -0.2) is 0 Å². The van der Waals surface area contributed by atoms with E-state index in [0.29, 0.717) is 27.8 Å². The van der Waals surface area contributed by atoms with Crippen LogP contribution < -0.4 is 10.1 Å². The Hall–Kier alpha value is -2.99. The van der Waals surface area contributed by atoms with E-state index in [1.165, 1.54) is 0 Å².